The van der Waals surface area contributed by atoms with Gasteiger partial charge in [-0.1, -0.05) is 6.07 Å². The summed E-state index contributed by atoms with van der Waals surface area (Å²) >= 11 is 0. The Labute approximate surface area is 196 Å². The van der Waals surface area contributed by atoms with Gasteiger partial charge in [0, 0.05) is 38.4 Å². The molecule has 0 saturated carbocycles. The van der Waals surface area contributed by atoms with E-state index in [0.717, 1.165) is 31.6 Å². The topological polar surface area (TPSA) is 69.1 Å². The monoisotopic (exact) mass is 550 g/mol. The summed E-state index contributed by atoms with van der Waals surface area (Å²) in [6.45, 7) is -0.883. The number of aliphatic imine (C=N–C) groups is 1. The van der Waals surface area contributed by atoms with Crippen LogP contribution in [0, 0.1) is 5.82 Å². The van der Waals surface area contributed by atoms with E-state index in [1.807, 2.05) is 0 Å². The highest BCUT2D eigenvalue weighted by molar-refractivity contribution is 14.0. The largest absolute Gasteiger partial charge is 0.505 e. The van der Waals surface area contributed by atoms with E-state index in [4.69, 9.17) is 0 Å². The van der Waals surface area contributed by atoms with E-state index in [-0.39, 0.29) is 41.5 Å². The Hall–Kier alpha value is -2.37. The number of hydrogen-bond donors (Lipinski definition) is 3. The lowest BCUT2D eigenvalue weighted by Gasteiger charge is -2.35. The van der Waals surface area contributed by atoms with Crippen molar-refractivity contribution in [1.82, 2.24) is 10.6 Å². The predicted molar refractivity (Wildman–Crippen MR) is 125 cm³/mol. The molecule has 6 nitrogen and oxygen atoms in total. The molecule has 1 atom stereocenters. The Kier molecular flexibility index (Phi) is 9.53. The fourth-order valence-electron chi connectivity index (χ4n) is 3.40. The molecule has 0 radical (unpaired) electrons. The minimum atomic E-state index is -2.84. The van der Waals surface area contributed by atoms with E-state index in [1.54, 1.807) is 25.2 Å². The number of piperidine rings is 1. The molecular formula is C21H26F3IN4O2. The first kappa shape index (κ1) is 24.9. The highest BCUT2D eigenvalue weighted by atomic mass is 127. The second-order valence-electron chi connectivity index (χ2n) is 7.01. The van der Waals surface area contributed by atoms with Crippen LogP contribution in [0.4, 0.5) is 18.9 Å². The average molecular weight is 550 g/mol. The number of phenolic OH excluding ortho intramolecular Hbond substituents is 1. The van der Waals surface area contributed by atoms with Crippen molar-refractivity contribution in [1.29, 1.82) is 0 Å². The Morgan fingerprint density at radius 1 is 1.26 bits per heavy atom. The van der Waals surface area contributed by atoms with Crippen LogP contribution in [-0.2, 0) is 6.54 Å². The number of rotatable bonds is 6. The molecule has 0 spiro atoms. The smallest absolute Gasteiger partial charge is 0.387 e. The fourth-order valence-corrected chi connectivity index (χ4v) is 3.40. The van der Waals surface area contributed by atoms with E-state index < -0.39 is 12.4 Å². The first-order valence-corrected chi connectivity index (χ1v) is 9.69. The molecule has 3 N–H and O–H groups in total. The maximum Gasteiger partial charge on any atom is 0.387 e. The first-order chi connectivity index (χ1) is 14.4. The molecule has 0 aliphatic carbocycles. The molecule has 1 saturated heterocycles. The lowest BCUT2D eigenvalue weighted by atomic mass is 10.0. The summed E-state index contributed by atoms with van der Waals surface area (Å²) in [5, 5.41) is 15.8. The zero-order chi connectivity index (χ0) is 21.5. The molecule has 1 aliphatic rings. The van der Waals surface area contributed by atoms with E-state index in [2.05, 4.69) is 25.3 Å². The number of guanidine groups is 1. The van der Waals surface area contributed by atoms with Gasteiger partial charge in [0.25, 0.3) is 0 Å². The molecule has 10 heteroatoms. The molecule has 1 unspecified atom stereocenters. The van der Waals surface area contributed by atoms with Gasteiger partial charge in [0.05, 0.1) is 0 Å². The van der Waals surface area contributed by atoms with Crippen LogP contribution in [0.25, 0.3) is 0 Å². The van der Waals surface area contributed by atoms with Crippen LogP contribution < -0.4 is 20.3 Å². The Morgan fingerprint density at radius 3 is 2.65 bits per heavy atom. The van der Waals surface area contributed by atoms with Crippen LogP contribution in [0.5, 0.6) is 11.5 Å². The summed E-state index contributed by atoms with van der Waals surface area (Å²) in [4.78, 5) is 6.40. The van der Waals surface area contributed by atoms with Gasteiger partial charge < -0.3 is 25.4 Å². The third kappa shape index (κ3) is 7.37. The third-order valence-electron chi connectivity index (χ3n) is 4.88. The number of phenols is 1. The third-order valence-corrected chi connectivity index (χ3v) is 4.88. The second kappa shape index (κ2) is 11.9. The molecule has 2 aromatic rings. The van der Waals surface area contributed by atoms with Crippen molar-refractivity contribution in [3.05, 3.63) is 53.8 Å². The number of anilines is 1. The average Bonchev–Trinajstić information content (AvgIpc) is 2.74. The molecule has 0 bridgehead atoms. The molecule has 3 rings (SSSR count). The Bertz CT molecular complexity index is 868. The fraction of sp³-hybridized carbons (Fsp3) is 0.381. The van der Waals surface area contributed by atoms with Gasteiger partial charge in [-0.15, -0.1) is 24.0 Å². The van der Waals surface area contributed by atoms with Gasteiger partial charge in [-0.3, -0.25) is 4.99 Å². The first-order valence-electron chi connectivity index (χ1n) is 9.69. The van der Waals surface area contributed by atoms with Gasteiger partial charge in [0.2, 0.25) is 0 Å². The summed E-state index contributed by atoms with van der Waals surface area (Å²) in [5.41, 5.74) is 1.62. The molecule has 31 heavy (non-hydrogen) atoms. The molecule has 170 valence electrons. The lowest BCUT2D eigenvalue weighted by molar-refractivity contribution is -0.0498. The SMILES string of the molecule is CN=C(NCc1ccc(O)c(F)c1)NC1CCCN(c2ccc(OC(F)F)cc2)C1.I. The predicted octanol–water partition coefficient (Wildman–Crippen LogP) is 4.08. The van der Waals surface area contributed by atoms with E-state index >= 15 is 0 Å². The van der Waals surface area contributed by atoms with E-state index in [0.29, 0.717) is 18.1 Å². The van der Waals surface area contributed by atoms with Crippen LogP contribution in [-0.4, -0.2) is 43.9 Å². The van der Waals surface area contributed by atoms with Crippen molar-refractivity contribution >= 4 is 35.6 Å². The number of nitrogens with zero attached hydrogens (tertiary/aromatic N) is 2. The number of nitrogens with one attached hydrogen (secondary N) is 2. The van der Waals surface area contributed by atoms with Crippen LogP contribution >= 0.6 is 24.0 Å². The van der Waals surface area contributed by atoms with Crippen molar-refractivity contribution in [2.24, 2.45) is 4.99 Å². The van der Waals surface area contributed by atoms with Crippen molar-refractivity contribution < 1.29 is 23.0 Å². The zero-order valence-corrected chi connectivity index (χ0v) is 19.4. The van der Waals surface area contributed by atoms with Gasteiger partial charge in [-0.25, -0.2) is 4.39 Å². The van der Waals surface area contributed by atoms with Crippen LogP contribution in [0.2, 0.25) is 0 Å². The van der Waals surface area contributed by atoms with Crippen molar-refractivity contribution in [2.45, 2.75) is 32.0 Å². The van der Waals surface area contributed by atoms with Gasteiger partial charge in [0.15, 0.2) is 17.5 Å². The van der Waals surface area contributed by atoms with E-state index in [9.17, 15) is 18.3 Å². The standard InChI is InChI=1S/C21H25F3N4O2.HI/c1-25-21(26-12-14-4-9-19(29)18(22)11-14)27-15-3-2-10-28(13-15)16-5-7-17(8-6-16)30-20(23)24;/h4-9,11,15,20,29H,2-3,10,12-13H2,1H3,(H2,25,26,27);1H. The Balaban J connectivity index is 0.00000341. The van der Waals surface area contributed by atoms with Crippen LogP contribution in [0.3, 0.4) is 0 Å². The molecule has 1 heterocycles. The van der Waals surface area contributed by atoms with E-state index in [1.165, 1.54) is 24.3 Å². The molecular weight excluding hydrogens is 524 g/mol. The summed E-state index contributed by atoms with van der Waals surface area (Å²) in [7, 11) is 1.66. The minimum absolute atomic E-state index is 0. The van der Waals surface area contributed by atoms with Crippen molar-refractivity contribution in [3.63, 3.8) is 0 Å². The number of halogens is 4. The van der Waals surface area contributed by atoms with Gasteiger partial charge >= 0.3 is 6.61 Å². The highest BCUT2D eigenvalue weighted by Crippen LogP contribution is 2.24. The maximum absolute atomic E-state index is 13.5. The highest BCUT2D eigenvalue weighted by Gasteiger charge is 2.21. The molecule has 1 fully saturated rings. The second-order valence-corrected chi connectivity index (χ2v) is 7.01. The number of aromatic hydroxyl groups is 1. The molecule has 1 aliphatic heterocycles. The lowest BCUT2D eigenvalue weighted by Crippen LogP contribution is -2.51. The Morgan fingerprint density at radius 2 is 2.00 bits per heavy atom. The maximum atomic E-state index is 13.5. The number of hydrogen-bond acceptors (Lipinski definition) is 4. The van der Waals surface area contributed by atoms with Crippen molar-refractivity contribution in [2.75, 3.05) is 25.0 Å². The number of benzene rings is 2. The summed E-state index contributed by atoms with van der Waals surface area (Å²) < 4.78 is 42.5. The van der Waals surface area contributed by atoms with Crippen LogP contribution in [0.15, 0.2) is 47.5 Å². The quantitative estimate of drug-likeness (QED) is 0.288. The van der Waals surface area contributed by atoms with Crippen molar-refractivity contribution in [3.8, 4) is 11.5 Å². The zero-order valence-electron chi connectivity index (χ0n) is 17.0. The van der Waals surface area contributed by atoms with Gasteiger partial charge in [-0.05, 0) is 54.8 Å². The molecule has 0 aromatic heterocycles. The van der Waals surface area contributed by atoms with Gasteiger partial charge in [-0.2, -0.15) is 8.78 Å². The molecule has 2 aromatic carbocycles. The number of alkyl halides is 2. The minimum Gasteiger partial charge on any atom is -0.505 e. The van der Waals surface area contributed by atoms with Crippen LogP contribution in [0.1, 0.15) is 18.4 Å². The summed E-state index contributed by atoms with van der Waals surface area (Å²) in [5.74, 6) is -0.311. The summed E-state index contributed by atoms with van der Waals surface area (Å²) in [6.07, 6.45) is 1.92. The number of ether oxygens (including phenoxy) is 1. The summed E-state index contributed by atoms with van der Waals surface area (Å²) in [6, 6.07) is 11.0. The molecule has 0 amide bonds. The normalized spacial score (nSPS) is 16.6. The van der Waals surface area contributed by atoms with Gasteiger partial charge in [0.1, 0.15) is 5.75 Å².